The van der Waals surface area contributed by atoms with Gasteiger partial charge < -0.3 is 15.7 Å². The Kier molecular flexibility index (Phi) is 8.19. The minimum atomic E-state index is -0.863. The summed E-state index contributed by atoms with van der Waals surface area (Å²) in [6.45, 7) is 0.572. The summed E-state index contributed by atoms with van der Waals surface area (Å²) in [5, 5.41) is 24.2. The number of carboxylic acid groups (broad SMARTS) is 1. The largest absolute Gasteiger partial charge is 0.481 e. The summed E-state index contributed by atoms with van der Waals surface area (Å²) in [5.74, 6) is -0.653. The molecule has 7 nitrogen and oxygen atoms in total. The summed E-state index contributed by atoms with van der Waals surface area (Å²) in [4.78, 5) is 30.2. The second kappa shape index (κ2) is 11.9. The molecule has 8 heteroatoms. The van der Waals surface area contributed by atoms with E-state index in [1.54, 1.807) is 30.5 Å². The van der Waals surface area contributed by atoms with Crippen LogP contribution in [0.15, 0.2) is 85.1 Å². The van der Waals surface area contributed by atoms with Gasteiger partial charge in [-0.05, 0) is 53.9 Å². The van der Waals surface area contributed by atoms with Crippen molar-refractivity contribution in [1.29, 1.82) is 5.26 Å². The number of hydrogen-bond donors (Lipinski definition) is 3. The van der Waals surface area contributed by atoms with E-state index in [0.29, 0.717) is 24.3 Å². The van der Waals surface area contributed by atoms with Crippen LogP contribution in [0.3, 0.4) is 0 Å². The smallest absolute Gasteiger partial charge is 0.308 e. The molecular formula is C28H24N4O3S. The number of hydrogen-bond acceptors (Lipinski definition) is 6. The number of pyridine rings is 1. The fourth-order valence-electron chi connectivity index (χ4n) is 3.70. The van der Waals surface area contributed by atoms with Gasteiger partial charge in [0.25, 0.3) is 0 Å². The highest BCUT2D eigenvalue weighted by Crippen LogP contribution is 2.28. The lowest BCUT2D eigenvalue weighted by atomic mass is 10.1. The van der Waals surface area contributed by atoms with Gasteiger partial charge >= 0.3 is 5.97 Å². The quantitative estimate of drug-likeness (QED) is 0.290. The van der Waals surface area contributed by atoms with Gasteiger partial charge in [0.1, 0.15) is 11.9 Å². The summed E-state index contributed by atoms with van der Waals surface area (Å²) >= 11 is 1.41. The SMILES string of the molecule is N#Cc1ccc(CCNC(C(=O)Nc2ccc(-c3ccc(CC(=O)O)s3)cn2)c2ccccc2)cc1. The number of carbonyl (C=O) groups excluding carboxylic acids is 1. The third kappa shape index (κ3) is 6.63. The molecule has 2 heterocycles. The summed E-state index contributed by atoms with van der Waals surface area (Å²) < 4.78 is 0. The maximum atomic E-state index is 13.2. The van der Waals surface area contributed by atoms with Gasteiger partial charge in [0, 0.05) is 28.1 Å². The normalized spacial score (nSPS) is 11.4. The zero-order valence-electron chi connectivity index (χ0n) is 19.3. The first kappa shape index (κ1) is 24.8. The predicted octanol–water partition coefficient (Wildman–Crippen LogP) is 4.82. The molecule has 4 rings (SSSR count). The van der Waals surface area contributed by atoms with E-state index >= 15 is 0 Å². The number of nitrogens with zero attached hydrogens (tertiary/aromatic N) is 2. The average molecular weight is 497 g/mol. The Morgan fingerprint density at radius 3 is 2.44 bits per heavy atom. The number of anilines is 1. The van der Waals surface area contributed by atoms with E-state index < -0.39 is 12.0 Å². The van der Waals surface area contributed by atoms with Crippen molar-refractivity contribution < 1.29 is 14.7 Å². The Labute approximate surface area is 213 Å². The van der Waals surface area contributed by atoms with Gasteiger partial charge in [-0.25, -0.2) is 4.98 Å². The standard InChI is InChI=1S/C28H24N4O3S/c29-17-20-8-6-19(7-9-20)14-15-30-27(21-4-2-1-3-5-21)28(35)32-25-13-10-22(18-31-25)24-12-11-23(36-24)16-26(33)34/h1-13,18,27,30H,14-16H2,(H,33,34)(H,31,32,35). The van der Waals surface area contributed by atoms with Crippen molar-refractivity contribution in [2.24, 2.45) is 0 Å². The number of thiophene rings is 1. The fourth-order valence-corrected chi connectivity index (χ4v) is 4.69. The van der Waals surface area contributed by atoms with E-state index in [-0.39, 0.29) is 12.3 Å². The van der Waals surface area contributed by atoms with Crippen LogP contribution in [-0.4, -0.2) is 28.5 Å². The molecule has 4 aromatic rings. The van der Waals surface area contributed by atoms with E-state index in [4.69, 9.17) is 10.4 Å². The lowest BCUT2D eigenvalue weighted by molar-refractivity contribution is -0.136. The number of nitriles is 1. The van der Waals surface area contributed by atoms with Crippen LogP contribution in [0.2, 0.25) is 0 Å². The van der Waals surface area contributed by atoms with Gasteiger partial charge in [-0.15, -0.1) is 11.3 Å². The van der Waals surface area contributed by atoms with Crippen molar-refractivity contribution in [3.63, 3.8) is 0 Å². The van der Waals surface area contributed by atoms with Gasteiger partial charge in [0.2, 0.25) is 5.91 Å². The molecular weight excluding hydrogens is 472 g/mol. The van der Waals surface area contributed by atoms with Crippen molar-refractivity contribution in [1.82, 2.24) is 10.3 Å². The van der Waals surface area contributed by atoms with Crippen molar-refractivity contribution in [3.8, 4) is 16.5 Å². The van der Waals surface area contributed by atoms with Gasteiger partial charge in [-0.2, -0.15) is 5.26 Å². The van der Waals surface area contributed by atoms with Crippen molar-refractivity contribution in [2.45, 2.75) is 18.9 Å². The summed E-state index contributed by atoms with van der Waals surface area (Å²) in [6.07, 6.45) is 2.37. The van der Waals surface area contributed by atoms with Crippen LogP contribution in [-0.2, 0) is 22.4 Å². The molecule has 0 saturated carbocycles. The molecule has 0 aliphatic heterocycles. The van der Waals surface area contributed by atoms with Crippen molar-refractivity contribution in [2.75, 3.05) is 11.9 Å². The van der Waals surface area contributed by atoms with Crippen LogP contribution in [0, 0.1) is 11.3 Å². The molecule has 1 atom stereocenters. The van der Waals surface area contributed by atoms with Crippen LogP contribution in [0.4, 0.5) is 5.82 Å². The second-order valence-electron chi connectivity index (χ2n) is 8.11. The Morgan fingerprint density at radius 2 is 1.78 bits per heavy atom. The van der Waals surface area contributed by atoms with E-state index in [9.17, 15) is 9.59 Å². The number of amides is 1. The molecule has 3 N–H and O–H groups in total. The number of aliphatic carboxylic acids is 1. The van der Waals surface area contributed by atoms with Crippen LogP contribution < -0.4 is 10.6 Å². The summed E-state index contributed by atoms with van der Waals surface area (Å²) in [6, 6.07) is 25.7. The summed E-state index contributed by atoms with van der Waals surface area (Å²) in [7, 11) is 0. The summed E-state index contributed by atoms with van der Waals surface area (Å²) in [5.41, 5.74) is 3.39. The Balaban J connectivity index is 1.41. The molecule has 1 amide bonds. The third-order valence-corrected chi connectivity index (χ3v) is 6.66. The molecule has 0 saturated heterocycles. The first-order chi connectivity index (χ1) is 17.5. The maximum absolute atomic E-state index is 13.2. The highest BCUT2D eigenvalue weighted by Gasteiger charge is 2.20. The molecule has 1 unspecified atom stereocenters. The first-order valence-corrected chi connectivity index (χ1v) is 12.2. The van der Waals surface area contributed by atoms with Crippen LogP contribution >= 0.6 is 11.3 Å². The van der Waals surface area contributed by atoms with Gasteiger partial charge in [-0.1, -0.05) is 42.5 Å². The van der Waals surface area contributed by atoms with E-state index in [1.807, 2.05) is 54.6 Å². The van der Waals surface area contributed by atoms with Gasteiger partial charge in [0.15, 0.2) is 0 Å². The molecule has 0 fully saturated rings. The number of carbonyl (C=O) groups is 2. The van der Waals surface area contributed by atoms with Gasteiger partial charge in [0.05, 0.1) is 18.1 Å². The molecule has 2 aromatic heterocycles. The van der Waals surface area contributed by atoms with E-state index in [1.165, 1.54) is 11.3 Å². The Bertz CT molecular complexity index is 1360. The van der Waals surface area contributed by atoms with Crippen LogP contribution in [0.25, 0.3) is 10.4 Å². The van der Waals surface area contributed by atoms with E-state index in [0.717, 1.165) is 26.4 Å². The third-order valence-electron chi connectivity index (χ3n) is 5.53. The molecule has 0 aliphatic carbocycles. The van der Waals surface area contributed by atoms with Crippen LogP contribution in [0.1, 0.15) is 27.6 Å². The number of benzene rings is 2. The zero-order valence-corrected chi connectivity index (χ0v) is 20.2. The highest BCUT2D eigenvalue weighted by molar-refractivity contribution is 7.15. The molecule has 0 radical (unpaired) electrons. The highest BCUT2D eigenvalue weighted by atomic mass is 32.1. The predicted molar refractivity (Wildman–Crippen MR) is 140 cm³/mol. The van der Waals surface area contributed by atoms with Crippen LogP contribution in [0.5, 0.6) is 0 Å². The molecule has 0 spiro atoms. The minimum absolute atomic E-state index is 0.00864. The first-order valence-electron chi connectivity index (χ1n) is 11.4. The molecule has 0 bridgehead atoms. The average Bonchev–Trinajstić information content (AvgIpc) is 3.35. The monoisotopic (exact) mass is 496 g/mol. The lowest BCUT2D eigenvalue weighted by Gasteiger charge is -2.19. The molecule has 36 heavy (non-hydrogen) atoms. The van der Waals surface area contributed by atoms with Gasteiger partial charge in [-0.3, -0.25) is 9.59 Å². The Morgan fingerprint density at radius 1 is 1.00 bits per heavy atom. The Hall–Kier alpha value is -4.32. The second-order valence-corrected chi connectivity index (χ2v) is 9.28. The van der Waals surface area contributed by atoms with Crippen molar-refractivity contribution >= 4 is 29.0 Å². The minimum Gasteiger partial charge on any atom is -0.481 e. The number of nitrogens with one attached hydrogen (secondary N) is 2. The molecule has 180 valence electrons. The number of aromatic nitrogens is 1. The number of carboxylic acids is 1. The topological polar surface area (TPSA) is 115 Å². The lowest BCUT2D eigenvalue weighted by Crippen LogP contribution is -2.34. The maximum Gasteiger partial charge on any atom is 0.308 e. The van der Waals surface area contributed by atoms with Crippen molar-refractivity contribution in [3.05, 3.63) is 107 Å². The number of rotatable bonds is 10. The van der Waals surface area contributed by atoms with E-state index in [2.05, 4.69) is 21.7 Å². The fraction of sp³-hybridized carbons (Fsp3) is 0.143. The molecule has 0 aliphatic rings. The molecule has 2 aromatic carbocycles. The zero-order chi connectivity index (χ0) is 25.3.